The summed E-state index contributed by atoms with van der Waals surface area (Å²) in [6.45, 7) is 2.28. The van der Waals surface area contributed by atoms with Crippen LogP contribution in [0.2, 0.25) is 0 Å². The normalized spacial score (nSPS) is 11.2. The van der Waals surface area contributed by atoms with Crippen LogP contribution < -0.4 is 10.1 Å². The summed E-state index contributed by atoms with van der Waals surface area (Å²) in [7, 11) is 0. The molecule has 0 aliphatic rings. The number of hydrogen-bond donors (Lipinski definition) is 1. The monoisotopic (exact) mass is 307 g/mol. The fourth-order valence-corrected chi connectivity index (χ4v) is 1.46. The average Bonchev–Trinajstić information content (AvgIpc) is 2.40. The molecule has 0 aliphatic heterocycles. The van der Waals surface area contributed by atoms with Gasteiger partial charge in [0.25, 0.3) is 5.69 Å². The predicted octanol–water partition coefficient (Wildman–Crippen LogP) is 3.53. The fraction of sp³-hybridized carbons (Fsp3) is 0.583. The first-order valence-corrected chi connectivity index (χ1v) is 6.41. The molecular formula is C12H16F3N3O3. The maximum absolute atomic E-state index is 12.0. The Morgan fingerprint density at radius 1 is 1.43 bits per heavy atom. The molecule has 0 aromatic carbocycles. The van der Waals surface area contributed by atoms with Gasteiger partial charge in [-0.2, -0.15) is 18.2 Å². The fourth-order valence-electron chi connectivity index (χ4n) is 1.46. The highest BCUT2D eigenvalue weighted by atomic mass is 19.4. The summed E-state index contributed by atoms with van der Waals surface area (Å²) >= 11 is 0. The first-order valence-electron chi connectivity index (χ1n) is 6.41. The lowest BCUT2D eigenvalue weighted by Gasteiger charge is -2.09. The van der Waals surface area contributed by atoms with Gasteiger partial charge in [0.1, 0.15) is 5.82 Å². The summed E-state index contributed by atoms with van der Waals surface area (Å²) in [5, 5.41) is 13.7. The summed E-state index contributed by atoms with van der Waals surface area (Å²) in [6, 6.07) is 2.34. The van der Waals surface area contributed by atoms with E-state index in [1.165, 1.54) is 6.07 Å². The lowest BCUT2D eigenvalue weighted by Crippen LogP contribution is -2.10. The van der Waals surface area contributed by atoms with Crippen LogP contribution in [-0.2, 0) is 0 Å². The third-order valence-corrected chi connectivity index (χ3v) is 2.41. The zero-order chi connectivity index (χ0) is 15.9. The summed E-state index contributed by atoms with van der Waals surface area (Å²) in [6.07, 6.45) is -4.64. The quantitative estimate of drug-likeness (QED) is 0.451. The molecule has 1 aromatic rings. The summed E-state index contributed by atoms with van der Waals surface area (Å²) < 4.78 is 41.0. The number of halogens is 3. The zero-order valence-electron chi connectivity index (χ0n) is 11.4. The second-order valence-electron chi connectivity index (χ2n) is 4.30. The third-order valence-electron chi connectivity index (χ3n) is 2.41. The van der Waals surface area contributed by atoms with Gasteiger partial charge in [-0.05, 0) is 12.8 Å². The number of nitrogens with one attached hydrogen (secondary N) is 1. The summed E-state index contributed by atoms with van der Waals surface area (Å²) in [5.74, 6) is 0.196. The number of nitrogens with zero attached hydrogens (tertiary/aromatic N) is 2. The first kappa shape index (κ1) is 17.0. The summed E-state index contributed by atoms with van der Waals surface area (Å²) in [5.41, 5.74) is -0.227. The molecule has 1 heterocycles. The standard InChI is InChI=1S/C12H16F3N3O3/c1-2-5-16-10-7-9(18(19)20)8-11(17-10)21-6-3-4-12(13,14)15/h7-8H,2-6H2,1H3,(H,16,17). The van der Waals surface area contributed by atoms with Crippen molar-refractivity contribution in [1.29, 1.82) is 0 Å². The molecule has 1 aromatic heterocycles. The van der Waals surface area contributed by atoms with Crippen LogP contribution in [0.25, 0.3) is 0 Å². The van der Waals surface area contributed by atoms with Crippen molar-refractivity contribution in [1.82, 2.24) is 4.98 Å². The molecule has 0 saturated carbocycles. The van der Waals surface area contributed by atoms with Gasteiger partial charge in [-0.1, -0.05) is 6.92 Å². The van der Waals surface area contributed by atoms with Gasteiger partial charge in [-0.15, -0.1) is 0 Å². The number of pyridine rings is 1. The van der Waals surface area contributed by atoms with Crippen LogP contribution in [0, 0.1) is 10.1 Å². The molecule has 0 fully saturated rings. The van der Waals surface area contributed by atoms with Gasteiger partial charge in [0.2, 0.25) is 5.88 Å². The van der Waals surface area contributed by atoms with Crippen molar-refractivity contribution >= 4 is 11.5 Å². The van der Waals surface area contributed by atoms with E-state index in [2.05, 4.69) is 10.3 Å². The van der Waals surface area contributed by atoms with Gasteiger partial charge < -0.3 is 10.1 Å². The van der Waals surface area contributed by atoms with E-state index in [0.29, 0.717) is 6.54 Å². The molecule has 0 amide bonds. The molecular weight excluding hydrogens is 291 g/mol. The Balaban J connectivity index is 2.67. The van der Waals surface area contributed by atoms with Gasteiger partial charge >= 0.3 is 6.18 Å². The Hall–Kier alpha value is -2.06. The van der Waals surface area contributed by atoms with Crippen molar-refractivity contribution in [3.63, 3.8) is 0 Å². The maximum Gasteiger partial charge on any atom is 0.389 e. The topological polar surface area (TPSA) is 77.3 Å². The average molecular weight is 307 g/mol. The molecule has 1 rings (SSSR count). The molecule has 118 valence electrons. The second-order valence-corrected chi connectivity index (χ2v) is 4.30. The van der Waals surface area contributed by atoms with Crippen LogP contribution in [0.3, 0.4) is 0 Å². The third kappa shape index (κ3) is 6.77. The Labute approximate surface area is 119 Å². The smallest absolute Gasteiger partial charge is 0.389 e. The van der Waals surface area contributed by atoms with Gasteiger partial charge in [0.15, 0.2) is 0 Å². The number of anilines is 1. The van der Waals surface area contributed by atoms with E-state index in [9.17, 15) is 23.3 Å². The molecule has 0 bridgehead atoms. The highest BCUT2D eigenvalue weighted by molar-refractivity contribution is 5.48. The molecule has 0 spiro atoms. The van der Waals surface area contributed by atoms with Gasteiger partial charge in [0.05, 0.1) is 23.7 Å². The summed E-state index contributed by atoms with van der Waals surface area (Å²) in [4.78, 5) is 14.1. The number of alkyl halides is 3. The SMILES string of the molecule is CCCNc1cc([N+](=O)[O-])cc(OCCCC(F)(F)F)n1. The van der Waals surface area contributed by atoms with Crippen LogP contribution in [0.1, 0.15) is 26.2 Å². The van der Waals surface area contributed by atoms with Crippen molar-refractivity contribution < 1.29 is 22.8 Å². The minimum atomic E-state index is -4.24. The Morgan fingerprint density at radius 3 is 2.71 bits per heavy atom. The van der Waals surface area contributed by atoms with E-state index in [1.807, 2.05) is 6.92 Å². The first-order chi connectivity index (χ1) is 9.81. The molecule has 0 aliphatic carbocycles. The number of rotatable bonds is 8. The van der Waals surface area contributed by atoms with Crippen LogP contribution >= 0.6 is 0 Å². The van der Waals surface area contributed by atoms with Gasteiger partial charge in [0, 0.05) is 13.0 Å². The van der Waals surface area contributed by atoms with Crippen LogP contribution in [0.15, 0.2) is 12.1 Å². The highest BCUT2D eigenvalue weighted by Crippen LogP contribution is 2.24. The van der Waals surface area contributed by atoms with E-state index in [1.54, 1.807) is 0 Å². The van der Waals surface area contributed by atoms with E-state index in [-0.39, 0.29) is 30.4 Å². The van der Waals surface area contributed by atoms with Crippen LogP contribution in [-0.4, -0.2) is 29.2 Å². The maximum atomic E-state index is 12.0. The van der Waals surface area contributed by atoms with E-state index in [4.69, 9.17) is 4.74 Å². The Morgan fingerprint density at radius 2 is 2.14 bits per heavy atom. The molecule has 0 radical (unpaired) electrons. The van der Waals surface area contributed by atoms with E-state index >= 15 is 0 Å². The zero-order valence-corrected chi connectivity index (χ0v) is 11.4. The second kappa shape index (κ2) is 7.65. The number of nitro groups is 1. The molecule has 9 heteroatoms. The minimum Gasteiger partial charge on any atom is -0.477 e. The van der Waals surface area contributed by atoms with E-state index in [0.717, 1.165) is 12.5 Å². The largest absolute Gasteiger partial charge is 0.477 e. The van der Waals surface area contributed by atoms with Crippen molar-refractivity contribution in [3.8, 4) is 5.88 Å². The van der Waals surface area contributed by atoms with Gasteiger partial charge in [-0.25, -0.2) is 0 Å². The predicted molar refractivity (Wildman–Crippen MR) is 70.5 cm³/mol. The number of hydrogen-bond acceptors (Lipinski definition) is 5. The molecule has 0 unspecified atom stereocenters. The Bertz CT molecular complexity index is 481. The lowest BCUT2D eigenvalue weighted by molar-refractivity contribution is -0.384. The van der Waals surface area contributed by atoms with Crippen molar-refractivity contribution in [2.75, 3.05) is 18.5 Å². The van der Waals surface area contributed by atoms with Crippen molar-refractivity contribution in [3.05, 3.63) is 22.2 Å². The van der Waals surface area contributed by atoms with Crippen LogP contribution in [0.4, 0.5) is 24.7 Å². The van der Waals surface area contributed by atoms with Crippen molar-refractivity contribution in [2.24, 2.45) is 0 Å². The Kier molecular flexibility index (Phi) is 6.19. The van der Waals surface area contributed by atoms with E-state index < -0.39 is 17.5 Å². The van der Waals surface area contributed by atoms with Gasteiger partial charge in [-0.3, -0.25) is 10.1 Å². The lowest BCUT2D eigenvalue weighted by atomic mass is 10.3. The minimum absolute atomic E-state index is 0.0648. The highest BCUT2D eigenvalue weighted by Gasteiger charge is 2.26. The van der Waals surface area contributed by atoms with Crippen LogP contribution in [0.5, 0.6) is 5.88 Å². The molecule has 6 nitrogen and oxygen atoms in total. The molecule has 0 atom stereocenters. The molecule has 0 saturated heterocycles. The molecule has 1 N–H and O–H groups in total. The van der Waals surface area contributed by atoms with Crippen molar-refractivity contribution in [2.45, 2.75) is 32.4 Å². The molecule has 21 heavy (non-hydrogen) atoms. The number of aromatic nitrogens is 1. The number of ether oxygens (including phenoxy) is 1.